The summed E-state index contributed by atoms with van der Waals surface area (Å²) in [6.45, 7) is 12.1. The third-order valence-electron chi connectivity index (χ3n) is 19.5. The van der Waals surface area contributed by atoms with Crippen LogP contribution >= 0.6 is 0 Å². The van der Waals surface area contributed by atoms with Gasteiger partial charge in [-0.1, -0.05) is 231 Å². The van der Waals surface area contributed by atoms with Crippen LogP contribution in [0.1, 0.15) is 66.8 Å². The van der Waals surface area contributed by atoms with Crippen molar-refractivity contribution in [2.24, 2.45) is 0 Å². The molecule has 0 saturated heterocycles. The maximum Gasteiger partial charge on any atom is 0.127 e. The van der Waals surface area contributed by atoms with Crippen molar-refractivity contribution in [3.63, 3.8) is 0 Å². The summed E-state index contributed by atoms with van der Waals surface area (Å²) >= 11 is 0. The molecule has 14 aromatic rings. The number of nitrogens with zero attached hydrogens (tertiary/aromatic N) is 2. The van der Waals surface area contributed by atoms with Gasteiger partial charge in [-0.25, -0.2) is 8.78 Å². The molecule has 2 unspecified atom stereocenters. The van der Waals surface area contributed by atoms with Gasteiger partial charge >= 0.3 is 0 Å². The first-order valence-corrected chi connectivity index (χ1v) is 33.0. The molecule has 0 aromatic heterocycles. The summed E-state index contributed by atoms with van der Waals surface area (Å²) in [4.78, 5) is 4.28. The minimum atomic E-state index is -0.740. The second-order valence-corrected chi connectivity index (χ2v) is 25.3. The minimum Gasteiger partial charge on any atom is -0.457 e. The molecular formula is C92H66F2N2O2. The standard InChI is InChI=1S/C92H66F2N2O2/c1-5-63-25-47-79(48-26-63)97-81-51-37-69(38-52-81)91(67-33-21-61(3)22-34-67)87-19-9-7-17-83(87)85-55-45-77(59-89(85)91)95(75-15-11-13-71(93)57-75)73-41-29-65(30-42-73)66-31-43-74(44-32-66)96(76-16-12-14-72(94)58-76)78-46-56-86-84-18-8-10-20-88(84)92(90(86)60-78,68-35-23-62(4)24-36-68)70-39-53-82(54-40-70)98-80-49-27-64(6-2)28-50-80/h5-60H,1-2H2,3-4H3. The predicted octanol–water partition coefficient (Wildman–Crippen LogP) is 24.8. The number of anilines is 6. The SMILES string of the molecule is C=Cc1ccc(Oc2ccc(C3(c4ccc(C)cc4)c4ccccc4-c4ccc(N(c5ccc(-c6ccc(N(c7cccc(F)c7)c7ccc8c(c7)C(c7ccc(C)cc7)(c7ccc(Oc9ccc(C=C)cc9)cc7)c7ccccc7-8)cc6)cc5)c5cccc(F)c5)cc43)cc2)cc1. The van der Waals surface area contributed by atoms with Gasteiger partial charge in [-0.3, -0.25) is 0 Å². The van der Waals surface area contributed by atoms with Crippen LogP contribution in [-0.4, -0.2) is 0 Å². The van der Waals surface area contributed by atoms with Gasteiger partial charge in [0.1, 0.15) is 34.6 Å². The number of ether oxygens (including phenoxy) is 2. The molecule has 470 valence electrons. The molecule has 16 rings (SSSR count). The van der Waals surface area contributed by atoms with E-state index in [9.17, 15) is 0 Å². The van der Waals surface area contributed by atoms with Crippen molar-refractivity contribution in [1.82, 2.24) is 0 Å². The average Bonchev–Trinajstić information content (AvgIpc) is 1.53. The summed E-state index contributed by atoms with van der Waals surface area (Å²) in [6.07, 6.45) is 3.64. The van der Waals surface area contributed by atoms with Gasteiger partial charge in [0.05, 0.1) is 10.8 Å². The molecule has 0 saturated carbocycles. The van der Waals surface area contributed by atoms with Crippen LogP contribution in [0.3, 0.4) is 0 Å². The van der Waals surface area contributed by atoms with Crippen LogP contribution < -0.4 is 19.3 Å². The van der Waals surface area contributed by atoms with Crippen LogP contribution in [0.2, 0.25) is 0 Å². The highest BCUT2D eigenvalue weighted by molar-refractivity contribution is 5.92. The maximum atomic E-state index is 15.7. The van der Waals surface area contributed by atoms with E-state index in [2.05, 4.69) is 267 Å². The smallest absolute Gasteiger partial charge is 0.127 e. The van der Waals surface area contributed by atoms with Crippen molar-refractivity contribution in [1.29, 1.82) is 0 Å². The van der Waals surface area contributed by atoms with Crippen molar-refractivity contribution in [2.45, 2.75) is 24.7 Å². The zero-order valence-electron chi connectivity index (χ0n) is 54.2. The lowest BCUT2D eigenvalue weighted by molar-refractivity contribution is 0.482. The average molecular weight is 1270 g/mol. The van der Waals surface area contributed by atoms with Crippen molar-refractivity contribution >= 4 is 46.3 Å². The third kappa shape index (κ3) is 10.6. The molecule has 0 amide bonds. The summed E-state index contributed by atoms with van der Waals surface area (Å²) in [5.74, 6) is 2.26. The van der Waals surface area contributed by atoms with Crippen molar-refractivity contribution in [2.75, 3.05) is 9.80 Å². The van der Waals surface area contributed by atoms with Crippen LogP contribution in [-0.2, 0) is 10.8 Å². The fourth-order valence-corrected chi connectivity index (χ4v) is 14.9. The van der Waals surface area contributed by atoms with E-state index < -0.39 is 10.8 Å². The molecule has 14 aromatic carbocycles. The Morgan fingerprint density at radius 1 is 0.286 bits per heavy atom. The van der Waals surface area contributed by atoms with Crippen molar-refractivity contribution in [3.05, 3.63) is 419 Å². The Labute approximate surface area is 571 Å². The Morgan fingerprint density at radius 3 is 0.939 bits per heavy atom. The Hall–Kier alpha value is -12.4. The quantitative estimate of drug-likeness (QED) is 0.0907. The number of halogens is 2. The molecule has 6 heteroatoms. The summed E-state index contributed by atoms with van der Waals surface area (Å²) in [5, 5.41) is 0. The number of hydrogen-bond acceptors (Lipinski definition) is 4. The zero-order valence-corrected chi connectivity index (χ0v) is 54.2. The highest BCUT2D eigenvalue weighted by Crippen LogP contribution is 2.60. The third-order valence-corrected chi connectivity index (χ3v) is 19.5. The molecule has 0 bridgehead atoms. The summed E-state index contributed by atoms with van der Waals surface area (Å²) in [5.41, 5.74) is 23.2. The van der Waals surface area contributed by atoms with Crippen LogP contribution in [0.15, 0.2) is 341 Å². The fraction of sp³-hybridized carbons (Fsp3) is 0.0435. The summed E-state index contributed by atoms with van der Waals surface area (Å²) in [7, 11) is 0. The number of fused-ring (bicyclic) bond motifs is 6. The van der Waals surface area contributed by atoms with Gasteiger partial charge in [0, 0.05) is 34.1 Å². The Kier molecular flexibility index (Phi) is 15.5. The second-order valence-electron chi connectivity index (χ2n) is 25.3. The van der Waals surface area contributed by atoms with Gasteiger partial charge in [-0.05, 0) is 236 Å². The first kappa shape index (κ1) is 60.6. The van der Waals surface area contributed by atoms with Crippen LogP contribution in [0.4, 0.5) is 42.9 Å². The lowest BCUT2D eigenvalue weighted by Crippen LogP contribution is -2.28. The molecule has 0 spiro atoms. The Bertz CT molecular complexity index is 4980. The van der Waals surface area contributed by atoms with Crippen LogP contribution in [0.5, 0.6) is 23.0 Å². The molecule has 4 nitrogen and oxygen atoms in total. The molecule has 2 aliphatic carbocycles. The number of hydrogen-bond donors (Lipinski definition) is 0. The van der Waals surface area contributed by atoms with E-state index in [1.54, 1.807) is 24.3 Å². The Morgan fingerprint density at radius 2 is 0.592 bits per heavy atom. The van der Waals surface area contributed by atoms with E-state index in [0.717, 1.165) is 124 Å². The van der Waals surface area contributed by atoms with E-state index in [0.29, 0.717) is 11.4 Å². The molecule has 98 heavy (non-hydrogen) atoms. The van der Waals surface area contributed by atoms with Crippen molar-refractivity contribution < 1.29 is 18.3 Å². The largest absolute Gasteiger partial charge is 0.457 e. The highest BCUT2D eigenvalue weighted by atomic mass is 19.1. The number of rotatable bonds is 17. The van der Waals surface area contributed by atoms with E-state index >= 15 is 8.78 Å². The van der Waals surface area contributed by atoms with E-state index in [1.807, 2.05) is 72.8 Å². The second kappa shape index (κ2) is 25.1. The topological polar surface area (TPSA) is 24.9 Å². The molecule has 0 N–H and O–H groups in total. The van der Waals surface area contributed by atoms with Gasteiger partial charge in [-0.15, -0.1) is 0 Å². The monoisotopic (exact) mass is 1270 g/mol. The van der Waals surface area contributed by atoms with Gasteiger partial charge in [0.25, 0.3) is 0 Å². The van der Waals surface area contributed by atoms with Gasteiger partial charge in [0.2, 0.25) is 0 Å². The van der Waals surface area contributed by atoms with E-state index in [1.165, 1.54) is 34.4 Å². The first-order chi connectivity index (χ1) is 48.0. The Balaban J connectivity index is 0.765. The van der Waals surface area contributed by atoms with Crippen molar-refractivity contribution in [3.8, 4) is 56.4 Å². The fourth-order valence-electron chi connectivity index (χ4n) is 14.9. The predicted molar refractivity (Wildman–Crippen MR) is 398 cm³/mol. The minimum absolute atomic E-state index is 0.336. The summed E-state index contributed by atoms with van der Waals surface area (Å²) in [6, 6.07) is 112. The molecule has 0 aliphatic heterocycles. The highest BCUT2D eigenvalue weighted by Gasteiger charge is 2.48. The van der Waals surface area contributed by atoms with Gasteiger partial charge < -0.3 is 19.3 Å². The molecule has 2 atom stereocenters. The lowest BCUT2D eigenvalue weighted by Gasteiger charge is -2.35. The van der Waals surface area contributed by atoms with E-state index in [-0.39, 0.29) is 11.6 Å². The van der Waals surface area contributed by atoms with Gasteiger partial charge in [-0.2, -0.15) is 0 Å². The zero-order chi connectivity index (χ0) is 66.5. The summed E-state index contributed by atoms with van der Waals surface area (Å²) < 4.78 is 44.2. The normalized spacial score (nSPS) is 14.7. The van der Waals surface area contributed by atoms with Crippen LogP contribution in [0.25, 0.3) is 45.5 Å². The maximum absolute atomic E-state index is 15.7. The molecule has 0 fully saturated rings. The molecule has 2 aliphatic rings. The molecular weight excluding hydrogens is 1200 g/mol. The van der Waals surface area contributed by atoms with Gasteiger partial charge in [0.15, 0.2) is 0 Å². The van der Waals surface area contributed by atoms with E-state index in [4.69, 9.17) is 9.47 Å². The van der Waals surface area contributed by atoms with Crippen LogP contribution in [0, 0.1) is 25.5 Å². The lowest BCUT2D eigenvalue weighted by atomic mass is 9.67. The molecule has 0 radical (unpaired) electrons. The first-order valence-electron chi connectivity index (χ1n) is 33.0. The number of benzene rings is 14. The molecule has 0 heterocycles. The number of aryl methyl sites for hydroxylation is 2.